The number of aryl methyl sites for hydroxylation is 4. The number of halogens is 6. The summed E-state index contributed by atoms with van der Waals surface area (Å²) in [7, 11) is 0. The maximum Gasteiger partial charge on any atom is 0.415 e. The van der Waals surface area contributed by atoms with E-state index in [4.69, 9.17) is 14.2 Å². The average molecular weight is 1090 g/mol. The number of rotatable bonds is 16. The minimum absolute atomic E-state index is 0.0181. The van der Waals surface area contributed by atoms with E-state index in [1.54, 1.807) is 105 Å². The molecule has 0 bridgehead atoms. The number of hydrogen-bond acceptors (Lipinski definition) is 9. The molecule has 0 radical (unpaired) electrons. The molecule has 0 saturated heterocycles. The molecule has 4 aromatic carbocycles. The molecule has 20 heteroatoms. The van der Waals surface area contributed by atoms with Gasteiger partial charge in [-0.25, -0.2) is 41.1 Å². The smallest absolute Gasteiger partial charge is 0.415 e. The molecule has 14 nitrogen and oxygen atoms in total. The lowest BCUT2D eigenvalue weighted by molar-refractivity contribution is 0.0543. The maximum absolute atomic E-state index is 14.1. The summed E-state index contributed by atoms with van der Waals surface area (Å²) in [6, 6.07) is 22.5. The number of benzene rings is 4. The Morgan fingerprint density at radius 1 is 0.633 bits per heavy atom. The van der Waals surface area contributed by atoms with Crippen LogP contribution in [0.2, 0.25) is 0 Å². The Morgan fingerprint density at radius 2 is 1.11 bits per heavy atom. The predicted octanol–water partition coefficient (Wildman–Crippen LogP) is 13.6. The van der Waals surface area contributed by atoms with Crippen molar-refractivity contribution < 1.29 is 54.9 Å². The first kappa shape index (κ1) is 55.2. The largest absolute Gasteiger partial charge is 0.455 e. The number of fused-ring (bicyclic) bond motifs is 2. The third kappa shape index (κ3) is 13.4. The zero-order valence-electron chi connectivity index (χ0n) is 44.4. The Labute approximate surface area is 451 Å². The normalized spacial score (nSPS) is 13.3. The van der Waals surface area contributed by atoms with Crippen LogP contribution in [0.3, 0.4) is 0 Å². The highest BCUT2D eigenvalue weighted by molar-refractivity contribution is 5.98. The molecule has 2 aliphatic rings. The van der Waals surface area contributed by atoms with Crippen LogP contribution in [0, 0.1) is 39.3 Å². The number of ether oxygens (including phenoxy) is 3. The standard InChI is InChI=1S/C32H33F3N4O4.C27H25F3N4O2/c1-18-6-8-21(33)13-27(18)42-23-14-25(39(17-28(34)35)31(41)43-32(3,4)5)29-36-15-26(38(29)16-23)20-7-11-24(19(2)12-20)30(40)37-22-9-10-22;1-15-3-5-18(28)10-24(15)36-20-11-22(31-13-25(29)30)26-32-12-23(34(26)14-20)17-4-8-21(16(2)9-17)27(35)33-19-6-7-19/h6-8,11-16,22,28H,9-10,17H2,1-5H3,(H,37,40);3-5,8-12,14,19,25,31H,6-7,13H2,1-2H3,(H,33,35). The summed E-state index contributed by atoms with van der Waals surface area (Å²) >= 11 is 0. The van der Waals surface area contributed by atoms with Crippen LogP contribution < -0.4 is 30.3 Å². The van der Waals surface area contributed by atoms with E-state index in [2.05, 4.69) is 25.9 Å². The summed E-state index contributed by atoms with van der Waals surface area (Å²) in [4.78, 5) is 48.2. The average Bonchev–Trinajstić information content (AvgIpc) is 4.52. The van der Waals surface area contributed by atoms with Gasteiger partial charge < -0.3 is 30.2 Å². The minimum Gasteiger partial charge on any atom is -0.455 e. The lowest BCUT2D eigenvalue weighted by atomic mass is 10.0. The van der Waals surface area contributed by atoms with Gasteiger partial charge in [0.25, 0.3) is 24.7 Å². The number of carbonyl (C=O) groups is 3. The molecule has 2 fully saturated rings. The zero-order valence-corrected chi connectivity index (χ0v) is 44.4. The highest BCUT2D eigenvalue weighted by atomic mass is 19.3. The van der Waals surface area contributed by atoms with Crippen molar-refractivity contribution >= 4 is 40.6 Å². The van der Waals surface area contributed by atoms with Crippen molar-refractivity contribution in [2.24, 2.45) is 0 Å². The number of amides is 3. The van der Waals surface area contributed by atoms with Crippen LogP contribution in [0.4, 0.5) is 42.5 Å². The molecular formula is C59H58F6N8O6. The molecule has 4 aromatic heterocycles. The van der Waals surface area contributed by atoms with Crippen molar-refractivity contribution in [2.45, 2.75) is 105 Å². The molecule has 3 amide bonds. The predicted molar refractivity (Wildman–Crippen MR) is 288 cm³/mol. The van der Waals surface area contributed by atoms with Gasteiger partial charge in [-0.05, 0) is 133 Å². The molecule has 3 N–H and O–H groups in total. The van der Waals surface area contributed by atoms with E-state index in [9.17, 15) is 40.7 Å². The second-order valence-corrected chi connectivity index (χ2v) is 20.7. The quantitative estimate of drug-likeness (QED) is 0.0803. The Morgan fingerprint density at radius 3 is 1.57 bits per heavy atom. The molecule has 0 spiro atoms. The van der Waals surface area contributed by atoms with Gasteiger partial charge in [0.2, 0.25) is 0 Å². The summed E-state index contributed by atoms with van der Waals surface area (Å²) in [6.07, 6.45) is 3.97. The second kappa shape index (κ2) is 22.8. The molecule has 0 atom stereocenters. The summed E-state index contributed by atoms with van der Waals surface area (Å²) in [5.41, 5.74) is 6.81. The SMILES string of the molecule is Cc1ccc(F)cc1Oc1cc(N(CC(F)F)C(=O)OC(C)(C)C)c2ncc(-c3ccc(C(=O)NC4CC4)c(C)c3)n2c1.Cc1ccc(F)cc1Oc1cc(NCC(F)F)c2ncc(-c3ccc(C(=O)NC4CC4)c(C)c3)n2c1. The van der Waals surface area contributed by atoms with E-state index in [0.717, 1.165) is 52.8 Å². The first-order valence-corrected chi connectivity index (χ1v) is 25.6. The van der Waals surface area contributed by atoms with Crippen molar-refractivity contribution in [3.8, 4) is 45.5 Å². The fraction of sp³-hybridized carbons (Fsp3) is 0.305. The van der Waals surface area contributed by atoms with Crippen molar-refractivity contribution in [2.75, 3.05) is 23.3 Å². The molecular weight excluding hydrogens is 1030 g/mol. The summed E-state index contributed by atoms with van der Waals surface area (Å²) in [5, 5.41) is 8.70. The minimum atomic E-state index is -2.88. The number of nitrogens with zero attached hydrogens (tertiary/aromatic N) is 5. The number of imidazole rings is 2. The monoisotopic (exact) mass is 1090 g/mol. The first-order chi connectivity index (χ1) is 37.6. The summed E-state index contributed by atoms with van der Waals surface area (Å²) in [5.74, 6) is -0.201. The number of aromatic nitrogens is 4. The van der Waals surface area contributed by atoms with E-state index < -0.39 is 49.3 Å². The third-order valence-corrected chi connectivity index (χ3v) is 12.9. The number of nitrogens with one attached hydrogen (secondary N) is 3. The number of hydrogen-bond donors (Lipinski definition) is 3. The Kier molecular flexibility index (Phi) is 15.9. The molecule has 2 saturated carbocycles. The van der Waals surface area contributed by atoms with Crippen molar-refractivity contribution in [1.29, 1.82) is 0 Å². The highest BCUT2D eigenvalue weighted by Crippen LogP contribution is 2.37. The van der Waals surface area contributed by atoms with Crippen molar-refractivity contribution in [3.05, 3.63) is 155 Å². The number of anilines is 2. The molecule has 412 valence electrons. The fourth-order valence-electron chi connectivity index (χ4n) is 8.65. The van der Waals surface area contributed by atoms with E-state index in [0.29, 0.717) is 56.5 Å². The van der Waals surface area contributed by atoms with Crippen LogP contribution in [-0.2, 0) is 4.74 Å². The number of pyridine rings is 2. The molecule has 79 heavy (non-hydrogen) atoms. The van der Waals surface area contributed by atoms with Gasteiger partial charge in [-0.1, -0.05) is 24.3 Å². The third-order valence-electron chi connectivity index (χ3n) is 12.9. The summed E-state index contributed by atoms with van der Waals surface area (Å²) in [6.45, 7) is 10.6. The molecule has 0 aliphatic heterocycles. The highest BCUT2D eigenvalue weighted by Gasteiger charge is 2.31. The zero-order chi connectivity index (χ0) is 56.4. The van der Waals surface area contributed by atoms with Crippen LogP contribution in [0.15, 0.2) is 110 Å². The Hall–Kier alpha value is -8.55. The van der Waals surface area contributed by atoms with Gasteiger partial charge in [0, 0.05) is 58.6 Å². The molecule has 2 aliphatic carbocycles. The van der Waals surface area contributed by atoms with Gasteiger partial charge in [0.15, 0.2) is 11.3 Å². The van der Waals surface area contributed by atoms with Crippen molar-refractivity contribution in [1.82, 2.24) is 29.4 Å². The molecule has 8 aromatic rings. The van der Waals surface area contributed by atoms with Gasteiger partial charge >= 0.3 is 6.09 Å². The van der Waals surface area contributed by atoms with Gasteiger partial charge in [-0.2, -0.15) is 0 Å². The van der Waals surface area contributed by atoms with E-state index in [-0.39, 0.29) is 46.7 Å². The second-order valence-electron chi connectivity index (χ2n) is 20.7. The van der Waals surface area contributed by atoms with Gasteiger partial charge in [-0.15, -0.1) is 0 Å². The lowest BCUT2D eigenvalue weighted by Gasteiger charge is -2.27. The molecule has 0 unspecified atom stereocenters. The van der Waals surface area contributed by atoms with Crippen LogP contribution in [0.5, 0.6) is 23.0 Å². The number of carbonyl (C=O) groups excluding carboxylic acids is 3. The van der Waals surface area contributed by atoms with Crippen LogP contribution in [0.1, 0.15) is 89.4 Å². The van der Waals surface area contributed by atoms with E-state index >= 15 is 0 Å². The van der Waals surface area contributed by atoms with Crippen LogP contribution >= 0.6 is 0 Å². The fourth-order valence-corrected chi connectivity index (χ4v) is 8.65. The Bertz CT molecular complexity index is 3610. The van der Waals surface area contributed by atoms with E-state index in [1.807, 2.05) is 32.0 Å². The van der Waals surface area contributed by atoms with Gasteiger partial charge in [0.1, 0.15) is 40.2 Å². The molecule has 4 heterocycles. The van der Waals surface area contributed by atoms with E-state index in [1.165, 1.54) is 30.3 Å². The first-order valence-electron chi connectivity index (χ1n) is 25.6. The van der Waals surface area contributed by atoms with Gasteiger partial charge in [0.05, 0.1) is 60.6 Å². The summed E-state index contributed by atoms with van der Waals surface area (Å²) < 4.78 is 102. The van der Waals surface area contributed by atoms with Crippen molar-refractivity contribution in [3.63, 3.8) is 0 Å². The Balaban J connectivity index is 0.000000195. The maximum atomic E-state index is 14.1. The number of alkyl halides is 4. The lowest BCUT2D eigenvalue weighted by Crippen LogP contribution is -2.40. The van der Waals surface area contributed by atoms with Crippen LogP contribution in [0.25, 0.3) is 33.8 Å². The topological polar surface area (TPSA) is 153 Å². The molecule has 10 rings (SSSR count). The van der Waals surface area contributed by atoms with Crippen LogP contribution in [-0.4, -0.2) is 80.3 Å². The van der Waals surface area contributed by atoms with Gasteiger partial charge in [-0.3, -0.25) is 23.3 Å².